The molecule has 3 aromatic rings. The quantitative estimate of drug-likeness (QED) is 0.786. The fraction of sp³-hybridized carbons (Fsp3) is 0.278. The van der Waals surface area contributed by atoms with Crippen molar-refractivity contribution in [2.45, 2.75) is 26.3 Å². The molecule has 0 unspecified atom stereocenters. The molecule has 0 atom stereocenters. The standard InChI is InChI=1S/C18H21N3O/c1-18(2,3)20-17-16(13-9-5-6-10-14(13)22-4)19-15-11-7-8-12-21(15)17/h5-12,20H,1-4H3. The summed E-state index contributed by atoms with van der Waals surface area (Å²) in [5.74, 6) is 1.80. The smallest absolute Gasteiger partial charge is 0.139 e. The van der Waals surface area contributed by atoms with E-state index in [4.69, 9.17) is 9.72 Å². The van der Waals surface area contributed by atoms with Crippen LogP contribution in [-0.4, -0.2) is 22.0 Å². The van der Waals surface area contributed by atoms with Gasteiger partial charge in [-0.3, -0.25) is 4.40 Å². The van der Waals surface area contributed by atoms with E-state index in [1.54, 1.807) is 7.11 Å². The van der Waals surface area contributed by atoms with Gasteiger partial charge in [0.2, 0.25) is 0 Å². The predicted octanol–water partition coefficient (Wildman–Crippen LogP) is 4.22. The van der Waals surface area contributed by atoms with Gasteiger partial charge in [-0.05, 0) is 45.0 Å². The molecule has 4 heteroatoms. The minimum Gasteiger partial charge on any atom is -0.496 e. The summed E-state index contributed by atoms with van der Waals surface area (Å²) in [5.41, 5.74) is 2.73. The number of nitrogens with one attached hydrogen (secondary N) is 1. The Balaban J connectivity index is 2.26. The van der Waals surface area contributed by atoms with E-state index in [0.717, 1.165) is 28.5 Å². The average Bonchev–Trinajstić information content (AvgIpc) is 2.84. The number of fused-ring (bicyclic) bond motifs is 1. The molecule has 0 saturated heterocycles. The van der Waals surface area contributed by atoms with E-state index in [0.29, 0.717) is 0 Å². The molecule has 2 aromatic heterocycles. The number of para-hydroxylation sites is 1. The molecular weight excluding hydrogens is 274 g/mol. The van der Waals surface area contributed by atoms with Gasteiger partial charge in [0.15, 0.2) is 0 Å². The first-order chi connectivity index (χ1) is 10.5. The van der Waals surface area contributed by atoms with E-state index in [2.05, 4.69) is 30.5 Å². The normalized spacial score (nSPS) is 11.6. The van der Waals surface area contributed by atoms with E-state index in [1.807, 2.05) is 48.7 Å². The molecule has 1 aromatic carbocycles. The lowest BCUT2D eigenvalue weighted by atomic mass is 10.1. The highest BCUT2D eigenvalue weighted by atomic mass is 16.5. The third-order valence-corrected chi connectivity index (χ3v) is 3.39. The van der Waals surface area contributed by atoms with Gasteiger partial charge in [0.1, 0.15) is 22.9 Å². The zero-order valence-electron chi connectivity index (χ0n) is 13.4. The molecule has 0 aliphatic rings. The van der Waals surface area contributed by atoms with Gasteiger partial charge < -0.3 is 10.1 Å². The van der Waals surface area contributed by atoms with Gasteiger partial charge in [-0.1, -0.05) is 18.2 Å². The SMILES string of the molecule is COc1ccccc1-c1nc2ccccn2c1NC(C)(C)C. The van der Waals surface area contributed by atoms with Crippen LogP contribution in [0.25, 0.3) is 16.9 Å². The summed E-state index contributed by atoms with van der Waals surface area (Å²) in [6.45, 7) is 6.42. The first kappa shape index (κ1) is 14.4. The average molecular weight is 295 g/mol. The van der Waals surface area contributed by atoms with Crippen LogP contribution >= 0.6 is 0 Å². The van der Waals surface area contributed by atoms with Crippen molar-refractivity contribution in [1.29, 1.82) is 0 Å². The monoisotopic (exact) mass is 295 g/mol. The first-order valence-corrected chi connectivity index (χ1v) is 7.38. The Morgan fingerprint density at radius 3 is 2.50 bits per heavy atom. The second kappa shape index (κ2) is 5.37. The van der Waals surface area contributed by atoms with E-state index < -0.39 is 0 Å². The fourth-order valence-corrected chi connectivity index (χ4v) is 2.50. The number of pyridine rings is 1. The van der Waals surface area contributed by atoms with Crippen LogP contribution in [0.1, 0.15) is 20.8 Å². The number of imidazole rings is 1. The number of rotatable bonds is 3. The van der Waals surface area contributed by atoms with E-state index in [9.17, 15) is 0 Å². The maximum atomic E-state index is 5.50. The lowest BCUT2D eigenvalue weighted by Crippen LogP contribution is -2.27. The van der Waals surface area contributed by atoms with Gasteiger partial charge in [0.25, 0.3) is 0 Å². The van der Waals surface area contributed by atoms with Crippen LogP contribution in [0.3, 0.4) is 0 Å². The third kappa shape index (κ3) is 2.64. The number of anilines is 1. The number of aromatic nitrogens is 2. The maximum Gasteiger partial charge on any atom is 0.139 e. The Morgan fingerprint density at radius 1 is 1.05 bits per heavy atom. The Bertz CT molecular complexity index is 799. The molecule has 2 heterocycles. The second-order valence-corrected chi connectivity index (χ2v) is 6.31. The molecule has 0 fully saturated rings. The van der Waals surface area contributed by atoms with Crippen molar-refractivity contribution in [3.63, 3.8) is 0 Å². The summed E-state index contributed by atoms with van der Waals surface area (Å²) in [4.78, 5) is 4.80. The Labute approximate surface area is 130 Å². The molecule has 0 aliphatic carbocycles. The van der Waals surface area contributed by atoms with Crippen molar-refractivity contribution < 1.29 is 4.74 Å². The number of hydrogen-bond donors (Lipinski definition) is 1. The molecule has 0 radical (unpaired) electrons. The molecule has 22 heavy (non-hydrogen) atoms. The summed E-state index contributed by atoms with van der Waals surface area (Å²) in [6, 6.07) is 14.0. The summed E-state index contributed by atoms with van der Waals surface area (Å²) in [5, 5.41) is 3.57. The molecule has 0 aliphatic heterocycles. The minimum atomic E-state index is -0.0669. The fourth-order valence-electron chi connectivity index (χ4n) is 2.50. The lowest BCUT2D eigenvalue weighted by molar-refractivity contribution is 0.416. The van der Waals surface area contributed by atoms with Crippen LogP contribution in [-0.2, 0) is 0 Å². The molecule has 0 spiro atoms. The molecule has 0 amide bonds. The zero-order valence-corrected chi connectivity index (χ0v) is 13.4. The van der Waals surface area contributed by atoms with Gasteiger partial charge in [-0.15, -0.1) is 0 Å². The highest BCUT2D eigenvalue weighted by Crippen LogP contribution is 2.35. The zero-order chi connectivity index (χ0) is 15.7. The lowest BCUT2D eigenvalue weighted by Gasteiger charge is -2.22. The third-order valence-electron chi connectivity index (χ3n) is 3.39. The summed E-state index contributed by atoms with van der Waals surface area (Å²) < 4.78 is 7.58. The number of nitrogens with zero attached hydrogens (tertiary/aromatic N) is 2. The molecule has 114 valence electrons. The van der Waals surface area contributed by atoms with Crippen LogP contribution in [0.2, 0.25) is 0 Å². The highest BCUT2D eigenvalue weighted by Gasteiger charge is 2.20. The first-order valence-electron chi connectivity index (χ1n) is 7.38. The maximum absolute atomic E-state index is 5.50. The molecule has 4 nitrogen and oxygen atoms in total. The summed E-state index contributed by atoms with van der Waals surface area (Å²) in [7, 11) is 1.69. The summed E-state index contributed by atoms with van der Waals surface area (Å²) >= 11 is 0. The van der Waals surface area contributed by atoms with E-state index >= 15 is 0 Å². The number of methoxy groups -OCH3 is 1. The van der Waals surface area contributed by atoms with Crippen molar-refractivity contribution in [2.24, 2.45) is 0 Å². The van der Waals surface area contributed by atoms with Crippen LogP contribution < -0.4 is 10.1 Å². The Hall–Kier alpha value is -2.49. The largest absolute Gasteiger partial charge is 0.496 e. The number of hydrogen-bond acceptors (Lipinski definition) is 3. The number of ether oxygens (including phenoxy) is 1. The number of benzene rings is 1. The Morgan fingerprint density at radius 2 is 1.77 bits per heavy atom. The van der Waals surface area contributed by atoms with Gasteiger partial charge in [-0.2, -0.15) is 0 Å². The van der Waals surface area contributed by atoms with E-state index in [1.165, 1.54) is 0 Å². The molecule has 1 N–H and O–H groups in total. The van der Waals surface area contributed by atoms with Crippen LogP contribution in [0.4, 0.5) is 5.82 Å². The molecule has 0 saturated carbocycles. The van der Waals surface area contributed by atoms with E-state index in [-0.39, 0.29) is 5.54 Å². The van der Waals surface area contributed by atoms with Gasteiger partial charge in [-0.25, -0.2) is 4.98 Å². The van der Waals surface area contributed by atoms with Crippen LogP contribution in [0, 0.1) is 0 Å². The van der Waals surface area contributed by atoms with Gasteiger partial charge >= 0.3 is 0 Å². The van der Waals surface area contributed by atoms with Gasteiger partial charge in [0, 0.05) is 17.3 Å². The highest BCUT2D eigenvalue weighted by molar-refractivity contribution is 5.80. The molecular formula is C18H21N3O. The second-order valence-electron chi connectivity index (χ2n) is 6.31. The van der Waals surface area contributed by atoms with Crippen molar-refractivity contribution in [1.82, 2.24) is 9.38 Å². The summed E-state index contributed by atoms with van der Waals surface area (Å²) in [6.07, 6.45) is 2.02. The topological polar surface area (TPSA) is 38.6 Å². The van der Waals surface area contributed by atoms with Crippen molar-refractivity contribution >= 4 is 11.5 Å². The van der Waals surface area contributed by atoms with Crippen LogP contribution in [0.15, 0.2) is 48.7 Å². The molecule has 3 rings (SSSR count). The Kier molecular flexibility index (Phi) is 3.53. The van der Waals surface area contributed by atoms with Crippen molar-refractivity contribution in [2.75, 3.05) is 12.4 Å². The van der Waals surface area contributed by atoms with Crippen LogP contribution in [0.5, 0.6) is 5.75 Å². The molecule has 0 bridgehead atoms. The van der Waals surface area contributed by atoms with Crippen molar-refractivity contribution in [3.8, 4) is 17.0 Å². The predicted molar refractivity (Wildman–Crippen MR) is 90.6 cm³/mol. The van der Waals surface area contributed by atoms with Gasteiger partial charge in [0.05, 0.1) is 7.11 Å². The minimum absolute atomic E-state index is 0.0669. The van der Waals surface area contributed by atoms with Crippen molar-refractivity contribution in [3.05, 3.63) is 48.7 Å².